The third-order valence-electron chi connectivity index (χ3n) is 5.30. The van der Waals surface area contributed by atoms with Crippen molar-refractivity contribution in [1.82, 2.24) is 15.1 Å². The third kappa shape index (κ3) is 5.90. The third-order valence-corrected chi connectivity index (χ3v) is 6.99. The first kappa shape index (κ1) is 24.9. The number of halogens is 3. The van der Waals surface area contributed by atoms with Gasteiger partial charge in [-0.3, -0.25) is 9.48 Å². The van der Waals surface area contributed by atoms with Gasteiger partial charge in [0.1, 0.15) is 12.2 Å². The van der Waals surface area contributed by atoms with Crippen molar-refractivity contribution in [1.29, 1.82) is 0 Å². The lowest BCUT2D eigenvalue weighted by molar-refractivity contribution is -0.136. The molecule has 0 saturated carbocycles. The quantitative estimate of drug-likeness (QED) is 0.295. The van der Waals surface area contributed by atoms with Crippen LogP contribution >= 0.6 is 34.5 Å². The minimum Gasteiger partial charge on any atom is -0.565 e. The van der Waals surface area contributed by atoms with E-state index in [1.807, 2.05) is 23.7 Å². The monoisotopic (exact) mass is 532 g/mol. The number of amides is 1. The normalized spacial score (nSPS) is 11.9. The Morgan fingerprint density at radius 3 is 2.40 bits per heavy atom. The van der Waals surface area contributed by atoms with Crippen LogP contribution in [0.5, 0.6) is 0 Å². The van der Waals surface area contributed by atoms with Crippen LogP contribution in [0.25, 0.3) is 22.5 Å². The van der Waals surface area contributed by atoms with Crippen molar-refractivity contribution in [2.24, 2.45) is 0 Å². The Kier molecular flexibility index (Phi) is 7.54. The summed E-state index contributed by atoms with van der Waals surface area (Å²) >= 11 is 13.7. The molecule has 0 spiro atoms. The maximum Gasteiger partial charge on any atom is 0.517 e. The Bertz CT molecular complexity index is 1360. The highest BCUT2D eigenvalue weighted by Crippen LogP contribution is 2.35. The van der Waals surface area contributed by atoms with Gasteiger partial charge >= 0.3 is 5.97 Å². The van der Waals surface area contributed by atoms with Gasteiger partial charge in [0.15, 0.2) is 0 Å². The zero-order valence-corrected chi connectivity index (χ0v) is 20.8. The van der Waals surface area contributed by atoms with Gasteiger partial charge in [0.2, 0.25) is 0 Å². The standard InChI is InChI=1S/C25H20Cl2FN3O3S/c1-14(22-6-7-23(35-22)25(34)29-9-8-24(32)33)31-21(15-2-4-19(28)5-3-15)13-20(30-31)16-10-17(26)12-18(27)11-16/h2-7,10-14H,8-9H2,1H3,(H,29,34)(H,32,33)/p+1. The summed E-state index contributed by atoms with van der Waals surface area (Å²) in [6.45, 7) is 2.07. The fourth-order valence-corrected chi connectivity index (χ4v) is 5.05. The molecule has 2 heterocycles. The smallest absolute Gasteiger partial charge is 0.517 e. The predicted octanol–water partition coefficient (Wildman–Crippen LogP) is 5.70. The summed E-state index contributed by atoms with van der Waals surface area (Å²) in [6.07, 6.45) is -0.0367. The van der Waals surface area contributed by atoms with Crippen molar-refractivity contribution >= 4 is 46.4 Å². The number of rotatable bonds is 8. The van der Waals surface area contributed by atoms with E-state index >= 15 is 0 Å². The second kappa shape index (κ2) is 10.6. The highest BCUT2D eigenvalue weighted by Gasteiger charge is 2.21. The molecule has 180 valence electrons. The van der Waals surface area contributed by atoms with Crippen molar-refractivity contribution in [3.05, 3.63) is 86.3 Å². The molecule has 4 aromatic rings. The van der Waals surface area contributed by atoms with Crippen molar-refractivity contribution in [2.45, 2.75) is 19.4 Å². The molecule has 3 N–H and O–H groups in total. The minimum atomic E-state index is -0.727. The van der Waals surface area contributed by atoms with E-state index in [0.717, 1.165) is 21.7 Å². The van der Waals surface area contributed by atoms with E-state index in [9.17, 15) is 14.0 Å². The number of thiophene rings is 1. The van der Waals surface area contributed by atoms with E-state index in [4.69, 9.17) is 33.4 Å². The summed E-state index contributed by atoms with van der Waals surface area (Å²) in [5.41, 5.74) is 2.93. The summed E-state index contributed by atoms with van der Waals surface area (Å²) in [6, 6.07) is 16.6. The van der Waals surface area contributed by atoms with Crippen molar-refractivity contribution < 1.29 is 19.1 Å². The molecule has 1 atom stereocenters. The summed E-state index contributed by atoms with van der Waals surface area (Å²) < 4.78 is 15.4. The zero-order valence-electron chi connectivity index (χ0n) is 18.5. The number of nitrogens with zero attached hydrogens (tertiary/aromatic N) is 2. The van der Waals surface area contributed by atoms with Crippen LogP contribution in [0.4, 0.5) is 4.39 Å². The molecular formula is C25H21Cl2FN3O3S+. The van der Waals surface area contributed by atoms with Crippen molar-refractivity contribution in [3.63, 3.8) is 0 Å². The van der Waals surface area contributed by atoms with Gasteiger partial charge in [-0.15, -0.1) is 11.3 Å². The van der Waals surface area contributed by atoms with E-state index in [1.165, 1.54) is 23.5 Å². The van der Waals surface area contributed by atoms with E-state index in [-0.39, 0.29) is 30.7 Å². The fraction of sp³-hybridized carbons (Fsp3) is 0.160. The zero-order chi connectivity index (χ0) is 25.1. The molecular weight excluding hydrogens is 512 g/mol. The number of nitrogens with one attached hydrogen (secondary N) is 1. The minimum absolute atomic E-state index is 0.0367. The average molecular weight is 533 g/mol. The van der Waals surface area contributed by atoms with Crippen LogP contribution in [-0.4, -0.2) is 33.3 Å². The Morgan fingerprint density at radius 2 is 1.74 bits per heavy atom. The van der Waals surface area contributed by atoms with Gasteiger partial charge in [-0.25, -0.2) is 4.39 Å². The van der Waals surface area contributed by atoms with Gasteiger partial charge in [-0.05, 0) is 67.6 Å². The molecule has 1 amide bonds. The Hall–Kier alpha value is -3.20. The molecule has 35 heavy (non-hydrogen) atoms. The largest absolute Gasteiger partial charge is 0.565 e. The summed E-state index contributed by atoms with van der Waals surface area (Å²) in [7, 11) is 0. The lowest BCUT2D eigenvalue weighted by Crippen LogP contribution is -2.25. The first-order valence-corrected chi connectivity index (χ1v) is 12.2. The molecule has 0 saturated heterocycles. The fourth-order valence-electron chi connectivity index (χ4n) is 3.57. The average Bonchev–Trinajstić information content (AvgIpc) is 3.46. The highest BCUT2D eigenvalue weighted by atomic mass is 35.5. The van der Waals surface area contributed by atoms with E-state index in [1.54, 1.807) is 36.4 Å². The topological polar surface area (TPSA) is 86.9 Å². The first-order valence-electron chi connectivity index (χ1n) is 10.7. The molecule has 1 unspecified atom stereocenters. The molecule has 2 aromatic heterocycles. The predicted molar refractivity (Wildman–Crippen MR) is 137 cm³/mol. The number of aromatic nitrogens is 2. The number of hydrogen-bond donors (Lipinski definition) is 1. The second-order valence-electron chi connectivity index (χ2n) is 7.83. The Labute approximate surface area is 214 Å². The number of hydrogen-bond acceptors (Lipinski definition) is 4. The Morgan fingerprint density at radius 1 is 1.06 bits per heavy atom. The van der Waals surface area contributed by atoms with E-state index in [0.29, 0.717) is 20.6 Å². The molecule has 2 aromatic carbocycles. The van der Waals surface area contributed by atoms with Crippen LogP contribution in [0.1, 0.15) is 33.9 Å². The van der Waals surface area contributed by atoms with Crippen LogP contribution in [-0.2, 0) is 4.79 Å². The molecule has 0 aliphatic rings. The van der Waals surface area contributed by atoms with Gasteiger partial charge in [0.05, 0.1) is 22.3 Å². The van der Waals surface area contributed by atoms with Crippen LogP contribution < -0.4 is 5.32 Å². The molecule has 0 aliphatic heterocycles. The molecule has 0 radical (unpaired) electrons. The SMILES string of the molecule is CC(c1ccc(C(=O)NCCC(=O)[OH2+])s1)n1nc(-c2cc(Cl)cc(Cl)c2)cc1-c1ccc(F)cc1. The van der Waals surface area contributed by atoms with Crippen LogP contribution in [0.3, 0.4) is 0 Å². The molecule has 0 fully saturated rings. The number of carbonyl (C=O) groups is 2. The summed E-state index contributed by atoms with van der Waals surface area (Å²) in [4.78, 5) is 24.6. The van der Waals surface area contributed by atoms with Gasteiger partial charge < -0.3 is 10.4 Å². The molecule has 0 aliphatic carbocycles. The lowest BCUT2D eigenvalue weighted by Gasteiger charge is -2.14. The van der Waals surface area contributed by atoms with Gasteiger partial charge in [-0.1, -0.05) is 23.2 Å². The molecule has 10 heteroatoms. The van der Waals surface area contributed by atoms with Crippen LogP contribution in [0, 0.1) is 5.82 Å². The highest BCUT2D eigenvalue weighted by molar-refractivity contribution is 7.14. The summed E-state index contributed by atoms with van der Waals surface area (Å²) in [5, 5.41) is 15.4. The summed E-state index contributed by atoms with van der Waals surface area (Å²) in [5.74, 6) is -1.37. The number of benzene rings is 2. The molecule has 6 nitrogen and oxygen atoms in total. The molecule has 0 bridgehead atoms. The van der Waals surface area contributed by atoms with E-state index < -0.39 is 5.97 Å². The first-order chi connectivity index (χ1) is 16.7. The molecule has 4 rings (SSSR count). The van der Waals surface area contributed by atoms with Crippen molar-refractivity contribution in [3.8, 4) is 22.5 Å². The maximum absolute atomic E-state index is 13.6. The van der Waals surface area contributed by atoms with Crippen LogP contribution in [0.15, 0.2) is 60.7 Å². The van der Waals surface area contributed by atoms with Gasteiger partial charge in [0, 0.05) is 37.4 Å². The maximum atomic E-state index is 13.6. The Balaban J connectivity index is 1.69. The van der Waals surface area contributed by atoms with Crippen LogP contribution in [0.2, 0.25) is 10.0 Å². The van der Waals surface area contributed by atoms with Gasteiger partial charge in [-0.2, -0.15) is 5.10 Å². The van der Waals surface area contributed by atoms with E-state index in [2.05, 4.69) is 5.32 Å². The van der Waals surface area contributed by atoms with Gasteiger partial charge in [0.25, 0.3) is 5.91 Å². The number of carbonyl (C=O) groups excluding carboxylic acids is 2. The second-order valence-corrected chi connectivity index (χ2v) is 9.82. The lowest BCUT2D eigenvalue weighted by atomic mass is 10.1. The van der Waals surface area contributed by atoms with Crippen molar-refractivity contribution in [2.75, 3.05) is 6.54 Å².